The molecule has 0 unspecified atom stereocenters. The Kier molecular flexibility index (Phi) is 7.07. The summed E-state index contributed by atoms with van der Waals surface area (Å²) in [6.45, 7) is 5.57. The highest BCUT2D eigenvalue weighted by molar-refractivity contribution is 6.42. The van der Waals surface area contributed by atoms with Gasteiger partial charge in [-0.15, -0.1) is 0 Å². The molecule has 2 atom stereocenters. The van der Waals surface area contributed by atoms with Gasteiger partial charge in [-0.25, -0.2) is 0 Å². The summed E-state index contributed by atoms with van der Waals surface area (Å²) in [5.41, 5.74) is -0.253. The molecule has 0 radical (unpaired) electrons. The Morgan fingerprint density at radius 3 is 2.45 bits per heavy atom. The van der Waals surface area contributed by atoms with Crippen LogP contribution in [0.3, 0.4) is 0 Å². The minimum absolute atomic E-state index is 0.0790. The van der Waals surface area contributed by atoms with Crippen LogP contribution in [0.4, 0.5) is 4.39 Å². The lowest BCUT2D eigenvalue weighted by molar-refractivity contribution is -0.146. The molecule has 0 N–H and O–H groups in total. The second-order valence-electron chi connectivity index (χ2n) is 6.05. The first-order valence-corrected chi connectivity index (χ1v) is 7.99. The Morgan fingerprint density at radius 2 is 1.91 bits per heavy atom. The van der Waals surface area contributed by atoms with Crippen molar-refractivity contribution < 1.29 is 18.7 Å². The van der Waals surface area contributed by atoms with E-state index in [1.807, 2.05) is 13.8 Å². The van der Waals surface area contributed by atoms with E-state index in [-0.39, 0.29) is 34.0 Å². The number of rotatable bonds is 8. The molecule has 0 aliphatic heterocycles. The first kappa shape index (κ1) is 19.2. The van der Waals surface area contributed by atoms with Crippen molar-refractivity contribution in [3.63, 3.8) is 0 Å². The van der Waals surface area contributed by atoms with Crippen LogP contribution in [0.15, 0.2) is 22.5 Å². The maximum atomic E-state index is 12.2. The number of halogens is 3. The van der Waals surface area contributed by atoms with Gasteiger partial charge in [-0.1, -0.05) is 43.1 Å². The normalized spacial score (nSPS) is 24.1. The molecule has 0 aromatic rings. The zero-order valence-corrected chi connectivity index (χ0v) is 14.5. The van der Waals surface area contributed by atoms with Crippen LogP contribution in [-0.2, 0) is 14.3 Å². The molecule has 1 aliphatic rings. The number of ether oxygens (including phenoxy) is 1. The van der Waals surface area contributed by atoms with Crippen molar-refractivity contribution in [3.8, 4) is 0 Å². The number of hydrogen-bond acceptors (Lipinski definition) is 3. The average Bonchev–Trinajstić information content (AvgIpc) is 2.94. The first-order chi connectivity index (χ1) is 10.2. The van der Waals surface area contributed by atoms with Crippen LogP contribution in [0.2, 0.25) is 0 Å². The zero-order valence-electron chi connectivity index (χ0n) is 13.0. The fourth-order valence-electron chi connectivity index (χ4n) is 2.43. The van der Waals surface area contributed by atoms with Gasteiger partial charge in [-0.2, -0.15) is 4.39 Å². The summed E-state index contributed by atoms with van der Waals surface area (Å²) >= 11 is 10.9. The first-order valence-electron chi connectivity index (χ1n) is 7.24. The summed E-state index contributed by atoms with van der Waals surface area (Å²) in [5.74, 6) is -0.847. The predicted molar refractivity (Wildman–Crippen MR) is 85.2 cm³/mol. The number of carbonyl (C=O) groups is 2. The van der Waals surface area contributed by atoms with Crippen LogP contribution in [0, 0.1) is 17.3 Å². The fraction of sp³-hybridized carbons (Fsp3) is 0.625. The molecule has 0 bridgehead atoms. The topological polar surface area (TPSA) is 43.4 Å². The van der Waals surface area contributed by atoms with Gasteiger partial charge in [-0.3, -0.25) is 9.59 Å². The Morgan fingerprint density at radius 1 is 1.27 bits per heavy atom. The maximum Gasteiger partial charge on any atom is 0.310 e. The van der Waals surface area contributed by atoms with E-state index < -0.39 is 5.29 Å². The Hall–Kier alpha value is -0.870. The molecule has 6 heteroatoms. The van der Waals surface area contributed by atoms with E-state index in [4.69, 9.17) is 27.9 Å². The number of allylic oxidation sites excluding steroid dienone is 3. The van der Waals surface area contributed by atoms with E-state index in [1.165, 1.54) is 13.0 Å². The van der Waals surface area contributed by atoms with E-state index in [2.05, 4.69) is 0 Å². The fourth-order valence-corrected chi connectivity index (χ4v) is 2.68. The summed E-state index contributed by atoms with van der Waals surface area (Å²) in [6.07, 6.45) is 4.79. The Labute approximate surface area is 140 Å². The molecule has 3 nitrogen and oxygen atoms in total. The monoisotopic (exact) mass is 350 g/mol. The van der Waals surface area contributed by atoms with Gasteiger partial charge in [0.05, 0.1) is 17.6 Å². The summed E-state index contributed by atoms with van der Waals surface area (Å²) in [6, 6.07) is 0. The number of Topliss-reactive ketones (excluding diaryl/α,β-unsaturated/α-hetero) is 1. The van der Waals surface area contributed by atoms with Crippen molar-refractivity contribution in [1.29, 1.82) is 0 Å². The number of hydrogen-bond donors (Lipinski definition) is 0. The van der Waals surface area contributed by atoms with E-state index in [0.29, 0.717) is 25.9 Å². The van der Waals surface area contributed by atoms with Gasteiger partial charge in [0, 0.05) is 6.92 Å². The summed E-state index contributed by atoms with van der Waals surface area (Å²) in [4.78, 5) is 23.2. The minimum Gasteiger partial charge on any atom is -0.465 e. The third-order valence-corrected chi connectivity index (χ3v) is 4.51. The number of unbranched alkanes of at least 4 members (excludes halogenated alkanes) is 2. The highest BCUT2D eigenvalue weighted by atomic mass is 35.5. The zero-order chi connectivity index (χ0) is 16.9. The van der Waals surface area contributed by atoms with Gasteiger partial charge in [0.25, 0.3) is 0 Å². The molecule has 1 fully saturated rings. The minimum atomic E-state index is -0.714. The molecule has 0 spiro atoms. The third kappa shape index (κ3) is 5.40. The standard InChI is InChI=1S/C16H21Cl2FO3/c1-10(20)12(17)9-11-14(16(11,2)3)15(21)22-8-6-4-5-7-13(18)19/h7,9,11,14H,4-6,8H2,1-3H3/b12-9-,13-7+/t11-,14-/m0/s1. The smallest absolute Gasteiger partial charge is 0.310 e. The molecule has 0 saturated heterocycles. The Balaban J connectivity index is 2.39. The molecule has 0 heterocycles. The maximum absolute atomic E-state index is 12.2. The van der Waals surface area contributed by atoms with Crippen LogP contribution in [-0.4, -0.2) is 18.4 Å². The highest BCUT2D eigenvalue weighted by Crippen LogP contribution is 2.60. The van der Waals surface area contributed by atoms with E-state index in [0.717, 1.165) is 0 Å². The van der Waals surface area contributed by atoms with Crippen LogP contribution in [0.5, 0.6) is 0 Å². The molecule has 0 aromatic carbocycles. The van der Waals surface area contributed by atoms with Crippen LogP contribution in [0.1, 0.15) is 40.0 Å². The van der Waals surface area contributed by atoms with Crippen LogP contribution in [0.25, 0.3) is 0 Å². The van der Waals surface area contributed by atoms with Crippen molar-refractivity contribution in [2.75, 3.05) is 6.61 Å². The summed E-state index contributed by atoms with van der Waals surface area (Å²) < 4.78 is 17.5. The lowest BCUT2D eigenvalue weighted by Crippen LogP contribution is -2.11. The van der Waals surface area contributed by atoms with Crippen LogP contribution < -0.4 is 0 Å². The second kappa shape index (κ2) is 8.11. The molecular weight excluding hydrogens is 330 g/mol. The Bertz CT molecular complexity index is 494. The van der Waals surface area contributed by atoms with Crippen LogP contribution >= 0.6 is 23.2 Å². The summed E-state index contributed by atoms with van der Waals surface area (Å²) in [7, 11) is 0. The van der Waals surface area contributed by atoms with E-state index in [1.54, 1.807) is 6.08 Å². The van der Waals surface area contributed by atoms with Gasteiger partial charge in [0.2, 0.25) is 0 Å². The van der Waals surface area contributed by atoms with Crippen molar-refractivity contribution in [2.24, 2.45) is 17.3 Å². The van der Waals surface area contributed by atoms with Gasteiger partial charge < -0.3 is 4.74 Å². The molecule has 0 aromatic heterocycles. The van der Waals surface area contributed by atoms with Crippen molar-refractivity contribution >= 4 is 35.0 Å². The lowest BCUT2D eigenvalue weighted by atomic mass is 10.1. The molecule has 1 aliphatic carbocycles. The molecule has 1 saturated carbocycles. The van der Waals surface area contributed by atoms with Gasteiger partial charge in [0.1, 0.15) is 0 Å². The van der Waals surface area contributed by atoms with Crippen molar-refractivity contribution in [1.82, 2.24) is 0 Å². The third-order valence-electron chi connectivity index (χ3n) is 3.97. The SMILES string of the molecule is CC(=O)/C(Cl)=C/[C@H]1[C@@H](C(=O)OCCCC/C=C(/F)Cl)C1(C)C. The van der Waals surface area contributed by atoms with Gasteiger partial charge in [-0.05, 0) is 36.7 Å². The van der Waals surface area contributed by atoms with E-state index in [9.17, 15) is 14.0 Å². The predicted octanol–water partition coefficient (Wildman–Crippen LogP) is 4.73. The van der Waals surface area contributed by atoms with Gasteiger partial charge >= 0.3 is 5.97 Å². The summed E-state index contributed by atoms with van der Waals surface area (Å²) in [5, 5.41) is -0.558. The molecule has 0 amide bonds. The lowest BCUT2D eigenvalue weighted by Gasteiger charge is -2.05. The molecule has 22 heavy (non-hydrogen) atoms. The van der Waals surface area contributed by atoms with Gasteiger partial charge in [0.15, 0.2) is 11.1 Å². The second-order valence-corrected chi connectivity index (χ2v) is 6.82. The number of carbonyl (C=O) groups excluding carboxylic acids is 2. The molecule has 124 valence electrons. The molecule has 1 rings (SSSR count). The quantitative estimate of drug-likeness (QED) is 0.361. The van der Waals surface area contributed by atoms with Crippen molar-refractivity contribution in [2.45, 2.75) is 40.0 Å². The van der Waals surface area contributed by atoms with Crippen molar-refractivity contribution in [3.05, 3.63) is 22.5 Å². The number of ketones is 1. The number of esters is 1. The highest BCUT2D eigenvalue weighted by Gasteiger charge is 2.61. The molecular formula is C16H21Cl2FO3. The van der Waals surface area contributed by atoms with E-state index >= 15 is 0 Å². The largest absolute Gasteiger partial charge is 0.465 e. The average molecular weight is 351 g/mol.